The number of ether oxygens (including phenoxy) is 1. The first-order chi connectivity index (χ1) is 16.0. The molecule has 3 atom stereocenters. The van der Waals surface area contributed by atoms with Crippen LogP contribution in [0.15, 0.2) is 48.5 Å². The predicted octanol–water partition coefficient (Wildman–Crippen LogP) is 4.42. The number of piperidine rings is 1. The van der Waals surface area contributed by atoms with E-state index in [2.05, 4.69) is 34.1 Å². The van der Waals surface area contributed by atoms with E-state index >= 15 is 0 Å². The zero-order valence-electron chi connectivity index (χ0n) is 19.4. The fraction of sp³-hybridized carbons (Fsp3) is 0.440. The van der Waals surface area contributed by atoms with E-state index in [-0.39, 0.29) is 17.1 Å². The molecule has 4 rings (SSSR count). The minimum atomic E-state index is -5.17. The molecule has 2 saturated heterocycles. The Bertz CT molecular complexity index is 1070. The third-order valence-electron chi connectivity index (χ3n) is 6.99. The molecule has 0 spiro atoms. The average molecular weight is 476 g/mol. The van der Waals surface area contributed by atoms with Crippen LogP contribution in [-0.4, -0.2) is 61.1 Å². The number of esters is 1. The Morgan fingerprint density at radius 2 is 1.85 bits per heavy atom. The second-order valence-electron chi connectivity index (χ2n) is 9.28. The lowest BCUT2D eigenvalue weighted by Crippen LogP contribution is -2.51. The van der Waals surface area contributed by atoms with Crippen LogP contribution in [0.2, 0.25) is 0 Å². The quantitative estimate of drug-likeness (QED) is 0.513. The molecule has 1 N–H and O–H groups in total. The van der Waals surface area contributed by atoms with Crippen molar-refractivity contribution in [3.8, 4) is 5.75 Å². The minimum Gasteiger partial charge on any atom is -0.419 e. The van der Waals surface area contributed by atoms with E-state index in [1.807, 2.05) is 18.2 Å². The van der Waals surface area contributed by atoms with Crippen molar-refractivity contribution in [1.82, 2.24) is 9.80 Å². The van der Waals surface area contributed by atoms with Crippen LogP contribution in [0.3, 0.4) is 0 Å². The summed E-state index contributed by atoms with van der Waals surface area (Å²) in [5.74, 6) is -3.34. The Labute approximate surface area is 196 Å². The van der Waals surface area contributed by atoms with Crippen molar-refractivity contribution in [2.45, 2.75) is 49.5 Å². The molecule has 0 aromatic heterocycles. The number of alkyl halides is 3. The highest BCUT2D eigenvalue weighted by molar-refractivity contribution is 5.98. The molecule has 2 aliphatic rings. The van der Waals surface area contributed by atoms with Gasteiger partial charge in [-0.2, -0.15) is 13.2 Å². The molecule has 3 unspecified atom stereocenters. The Morgan fingerprint density at radius 3 is 2.50 bits per heavy atom. The molecule has 2 bridgehead atoms. The molecule has 9 heteroatoms. The van der Waals surface area contributed by atoms with Crippen molar-refractivity contribution in [3.63, 3.8) is 0 Å². The molecule has 34 heavy (non-hydrogen) atoms. The molecule has 2 fully saturated rings. The standard InChI is InChI=1S/C25H28F3N3O3/c1-30(2)22(32)20-10-9-17(14-21(20)34-23(33)25(26,27)28)29-18-13-19-11-12-24(15-18,31(19)3)16-7-5-4-6-8-16/h4-10,14,18-19,29H,11-13,15H2,1-3H3. The monoisotopic (exact) mass is 475 g/mol. The molecular weight excluding hydrogens is 447 g/mol. The highest BCUT2D eigenvalue weighted by Crippen LogP contribution is 2.50. The van der Waals surface area contributed by atoms with Gasteiger partial charge in [-0.05, 0) is 50.4 Å². The molecular formula is C25H28F3N3O3. The van der Waals surface area contributed by atoms with E-state index in [4.69, 9.17) is 0 Å². The van der Waals surface area contributed by atoms with Gasteiger partial charge >= 0.3 is 12.1 Å². The van der Waals surface area contributed by atoms with Gasteiger partial charge in [0.15, 0.2) is 0 Å². The Hall–Kier alpha value is -3.07. The molecule has 2 aromatic rings. The van der Waals surface area contributed by atoms with Gasteiger partial charge in [-0.25, -0.2) is 4.79 Å². The third kappa shape index (κ3) is 4.49. The van der Waals surface area contributed by atoms with Gasteiger partial charge in [0.05, 0.1) is 5.56 Å². The van der Waals surface area contributed by atoms with Crippen LogP contribution in [-0.2, 0) is 10.3 Å². The number of hydrogen-bond acceptors (Lipinski definition) is 5. The number of fused-ring (bicyclic) bond motifs is 2. The van der Waals surface area contributed by atoms with Crippen LogP contribution < -0.4 is 10.1 Å². The van der Waals surface area contributed by atoms with Gasteiger partial charge in [0.1, 0.15) is 5.75 Å². The average Bonchev–Trinajstić information content (AvgIpc) is 2.97. The summed E-state index contributed by atoms with van der Waals surface area (Å²) in [7, 11) is 5.10. The second-order valence-corrected chi connectivity index (χ2v) is 9.28. The first kappa shape index (κ1) is 24.1. The lowest BCUT2D eigenvalue weighted by Gasteiger charge is -2.46. The number of anilines is 1. The number of nitrogens with zero attached hydrogens (tertiary/aromatic N) is 2. The van der Waals surface area contributed by atoms with Crippen LogP contribution in [0.4, 0.5) is 18.9 Å². The molecule has 2 aliphatic heterocycles. The molecule has 0 saturated carbocycles. The van der Waals surface area contributed by atoms with Gasteiger partial charge in [0.25, 0.3) is 5.91 Å². The molecule has 0 radical (unpaired) electrons. The molecule has 0 aliphatic carbocycles. The molecule has 182 valence electrons. The summed E-state index contributed by atoms with van der Waals surface area (Å²) >= 11 is 0. The van der Waals surface area contributed by atoms with Crippen molar-refractivity contribution in [1.29, 1.82) is 0 Å². The molecule has 6 nitrogen and oxygen atoms in total. The summed E-state index contributed by atoms with van der Waals surface area (Å²) in [6.07, 6.45) is -1.38. The van der Waals surface area contributed by atoms with Gasteiger partial charge in [0, 0.05) is 43.5 Å². The van der Waals surface area contributed by atoms with E-state index in [9.17, 15) is 22.8 Å². The van der Waals surface area contributed by atoms with Crippen LogP contribution in [0.1, 0.15) is 41.6 Å². The smallest absolute Gasteiger partial charge is 0.419 e. The maximum atomic E-state index is 12.8. The summed E-state index contributed by atoms with van der Waals surface area (Å²) in [6, 6.07) is 15.1. The summed E-state index contributed by atoms with van der Waals surface area (Å²) < 4.78 is 43.1. The van der Waals surface area contributed by atoms with Crippen molar-refractivity contribution < 1.29 is 27.5 Å². The van der Waals surface area contributed by atoms with Crippen LogP contribution in [0, 0.1) is 0 Å². The van der Waals surface area contributed by atoms with E-state index in [0.29, 0.717) is 11.7 Å². The van der Waals surface area contributed by atoms with Crippen LogP contribution in [0.25, 0.3) is 0 Å². The van der Waals surface area contributed by atoms with E-state index in [1.165, 1.54) is 36.7 Å². The van der Waals surface area contributed by atoms with E-state index < -0.39 is 23.8 Å². The Morgan fingerprint density at radius 1 is 1.15 bits per heavy atom. The summed E-state index contributed by atoms with van der Waals surface area (Å²) in [4.78, 5) is 27.6. The van der Waals surface area contributed by atoms with Gasteiger partial charge in [0.2, 0.25) is 0 Å². The molecule has 2 aromatic carbocycles. The lowest BCUT2D eigenvalue weighted by molar-refractivity contribution is -0.189. The highest BCUT2D eigenvalue weighted by Gasteiger charge is 2.50. The maximum Gasteiger partial charge on any atom is 0.491 e. The SMILES string of the molecule is CN(C)C(=O)c1ccc(NC2CC3CCC(c4ccccc4)(C2)N3C)cc1OC(=O)C(F)(F)F. The van der Waals surface area contributed by atoms with Crippen molar-refractivity contribution in [2.24, 2.45) is 0 Å². The van der Waals surface area contributed by atoms with Gasteiger partial charge < -0.3 is 15.0 Å². The highest BCUT2D eigenvalue weighted by atomic mass is 19.4. The normalized spacial score (nSPS) is 24.5. The number of rotatable bonds is 5. The number of carbonyl (C=O) groups excluding carboxylic acids is 2. The largest absolute Gasteiger partial charge is 0.491 e. The van der Waals surface area contributed by atoms with Gasteiger partial charge in [-0.15, -0.1) is 0 Å². The summed E-state index contributed by atoms with van der Waals surface area (Å²) in [6.45, 7) is 0. The zero-order valence-corrected chi connectivity index (χ0v) is 19.4. The second kappa shape index (κ2) is 8.94. The number of halogens is 3. The molecule has 1 amide bonds. The Balaban J connectivity index is 1.61. The first-order valence-corrected chi connectivity index (χ1v) is 11.2. The summed E-state index contributed by atoms with van der Waals surface area (Å²) in [5, 5.41) is 3.42. The summed E-state index contributed by atoms with van der Waals surface area (Å²) in [5.41, 5.74) is 1.52. The maximum absolute atomic E-state index is 12.8. The topological polar surface area (TPSA) is 61.9 Å². The van der Waals surface area contributed by atoms with Crippen molar-refractivity contribution in [3.05, 3.63) is 59.7 Å². The number of amides is 1. The fourth-order valence-electron chi connectivity index (χ4n) is 5.30. The Kier molecular flexibility index (Phi) is 6.33. The minimum absolute atomic E-state index is 0.0606. The fourth-order valence-corrected chi connectivity index (χ4v) is 5.30. The van der Waals surface area contributed by atoms with E-state index in [1.54, 1.807) is 6.07 Å². The van der Waals surface area contributed by atoms with E-state index in [0.717, 1.165) is 25.7 Å². The van der Waals surface area contributed by atoms with Gasteiger partial charge in [-0.3, -0.25) is 9.69 Å². The predicted molar refractivity (Wildman–Crippen MR) is 122 cm³/mol. The number of carbonyl (C=O) groups is 2. The third-order valence-corrected chi connectivity index (χ3v) is 6.99. The number of benzene rings is 2. The van der Waals surface area contributed by atoms with Crippen molar-refractivity contribution in [2.75, 3.05) is 26.5 Å². The number of hydrogen-bond donors (Lipinski definition) is 1. The van der Waals surface area contributed by atoms with Crippen molar-refractivity contribution >= 4 is 17.6 Å². The molecule has 2 heterocycles. The first-order valence-electron chi connectivity index (χ1n) is 11.2. The number of nitrogens with one attached hydrogen (secondary N) is 1. The van der Waals surface area contributed by atoms with Crippen LogP contribution >= 0.6 is 0 Å². The zero-order chi connectivity index (χ0) is 24.7. The lowest BCUT2D eigenvalue weighted by atomic mass is 9.80. The van der Waals surface area contributed by atoms with Gasteiger partial charge in [-0.1, -0.05) is 30.3 Å². The van der Waals surface area contributed by atoms with Crippen LogP contribution in [0.5, 0.6) is 5.75 Å².